The zero-order chi connectivity index (χ0) is 16.5. The molecule has 2 aromatic rings. The molecule has 0 fully saturated rings. The van der Waals surface area contributed by atoms with E-state index in [0.717, 1.165) is 12.1 Å². The number of rotatable bonds is 4. The quantitative estimate of drug-likeness (QED) is 0.934. The molecule has 1 aromatic carbocycles. The van der Waals surface area contributed by atoms with Crippen molar-refractivity contribution in [3.63, 3.8) is 0 Å². The summed E-state index contributed by atoms with van der Waals surface area (Å²) in [5, 5.41) is 13.1. The first-order valence-corrected chi connectivity index (χ1v) is 6.36. The van der Waals surface area contributed by atoms with Gasteiger partial charge in [0.25, 0.3) is 0 Å². The molecule has 1 aromatic heterocycles. The number of hydrogen-bond acceptors (Lipinski definition) is 3. The van der Waals surface area contributed by atoms with Crippen LogP contribution < -0.4 is 4.74 Å². The second-order valence-corrected chi connectivity index (χ2v) is 4.82. The van der Waals surface area contributed by atoms with Gasteiger partial charge in [0.05, 0.1) is 5.69 Å². The van der Waals surface area contributed by atoms with Crippen molar-refractivity contribution in [3.8, 4) is 17.0 Å². The average Bonchev–Trinajstić information content (AvgIpc) is 2.85. The molecule has 0 aliphatic carbocycles. The van der Waals surface area contributed by atoms with Crippen LogP contribution in [0.25, 0.3) is 11.3 Å². The number of carbonyl (C=O) groups is 1. The van der Waals surface area contributed by atoms with E-state index in [9.17, 15) is 18.0 Å². The first-order valence-electron chi connectivity index (χ1n) is 6.36. The number of alkyl halides is 3. The van der Waals surface area contributed by atoms with Crippen molar-refractivity contribution in [2.45, 2.75) is 26.3 Å². The molecule has 0 aliphatic heterocycles. The first-order chi connectivity index (χ1) is 10.2. The SMILES string of the molecule is CC(C)n1nccc1-c1ccc(C(=O)O)c(OC(F)(F)F)c1. The molecular formula is C14H13F3N2O3. The molecule has 0 saturated carbocycles. The lowest BCUT2D eigenvalue weighted by Crippen LogP contribution is -2.19. The fourth-order valence-electron chi connectivity index (χ4n) is 2.02. The number of carboxylic acids is 1. The zero-order valence-electron chi connectivity index (χ0n) is 11.8. The topological polar surface area (TPSA) is 64.4 Å². The Labute approximate surface area is 123 Å². The van der Waals surface area contributed by atoms with Gasteiger partial charge >= 0.3 is 12.3 Å². The van der Waals surface area contributed by atoms with Gasteiger partial charge in [-0.3, -0.25) is 4.68 Å². The Hall–Kier alpha value is -2.51. The molecule has 0 amide bonds. The monoisotopic (exact) mass is 314 g/mol. The van der Waals surface area contributed by atoms with E-state index in [1.807, 2.05) is 13.8 Å². The van der Waals surface area contributed by atoms with Crippen molar-refractivity contribution in [2.75, 3.05) is 0 Å². The summed E-state index contributed by atoms with van der Waals surface area (Å²) in [6.07, 6.45) is -3.45. The molecule has 0 unspecified atom stereocenters. The van der Waals surface area contributed by atoms with Gasteiger partial charge in [0.1, 0.15) is 11.3 Å². The van der Waals surface area contributed by atoms with Crippen molar-refractivity contribution in [1.82, 2.24) is 9.78 Å². The molecular weight excluding hydrogens is 301 g/mol. The van der Waals surface area contributed by atoms with E-state index < -0.39 is 23.6 Å². The summed E-state index contributed by atoms with van der Waals surface area (Å²) in [6.45, 7) is 3.74. The number of benzene rings is 1. The first kappa shape index (κ1) is 15.9. The summed E-state index contributed by atoms with van der Waals surface area (Å²) >= 11 is 0. The van der Waals surface area contributed by atoms with Crippen LogP contribution in [-0.2, 0) is 0 Å². The van der Waals surface area contributed by atoms with Crippen LogP contribution in [0.5, 0.6) is 5.75 Å². The lowest BCUT2D eigenvalue weighted by atomic mass is 10.1. The number of aromatic carboxylic acids is 1. The zero-order valence-corrected chi connectivity index (χ0v) is 11.8. The number of nitrogens with zero attached hydrogens (tertiary/aromatic N) is 2. The minimum atomic E-state index is -4.97. The smallest absolute Gasteiger partial charge is 0.478 e. The number of carboxylic acid groups (broad SMARTS) is 1. The van der Waals surface area contributed by atoms with Crippen molar-refractivity contribution >= 4 is 5.97 Å². The number of hydrogen-bond donors (Lipinski definition) is 1. The largest absolute Gasteiger partial charge is 0.573 e. The Kier molecular flexibility index (Phi) is 4.11. The van der Waals surface area contributed by atoms with Crippen LogP contribution >= 0.6 is 0 Å². The Bertz CT molecular complexity index is 693. The molecule has 0 saturated heterocycles. The lowest BCUT2D eigenvalue weighted by Gasteiger charge is -2.14. The molecule has 0 atom stereocenters. The van der Waals surface area contributed by atoms with Crippen LogP contribution in [0, 0.1) is 0 Å². The summed E-state index contributed by atoms with van der Waals surface area (Å²) in [7, 11) is 0. The fraction of sp³-hybridized carbons (Fsp3) is 0.286. The summed E-state index contributed by atoms with van der Waals surface area (Å²) < 4.78 is 42.7. The predicted molar refractivity (Wildman–Crippen MR) is 71.7 cm³/mol. The van der Waals surface area contributed by atoms with E-state index in [2.05, 4.69) is 9.84 Å². The highest BCUT2D eigenvalue weighted by molar-refractivity contribution is 5.91. The maximum absolute atomic E-state index is 12.4. The fourth-order valence-corrected chi connectivity index (χ4v) is 2.02. The standard InChI is InChI=1S/C14H13F3N2O3/c1-8(2)19-11(5-6-18-19)9-3-4-10(13(20)21)12(7-9)22-14(15,16)17/h3-8H,1-2H3,(H,20,21). The van der Waals surface area contributed by atoms with E-state index in [4.69, 9.17) is 5.11 Å². The minimum absolute atomic E-state index is 0.00358. The molecule has 22 heavy (non-hydrogen) atoms. The second kappa shape index (κ2) is 5.70. The predicted octanol–water partition coefficient (Wildman–Crippen LogP) is 3.73. The van der Waals surface area contributed by atoms with Gasteiger partial charge in [-0.2, -0.15) is 5.10 Å². The molecule has 5 nitrogen and oxygen atoms in total. The third-order valence-electron chi connectivity index (χ3n) is 2.89. The second-order valence-electron chi connectivity index (χ2n) is 4.82. The Morgan fingerprint density at radius 1 is 1.32 bits per heavy atom. The highest BCUT2D eigenvalue weighted by Gasteiger charge is 2.33. The molecule has 118 valence electrons. The molecule has 1 N–H and O–H groups in total. The average molecular weight is 314 g/mol. The minimum Gasteiger partial charge on any atom is -0.478 e. The molecule has 8 heteroatoms. The van der Waals surface area contributed by atoms with Gasteiger partial charge in [0, 0.05) is 17.8 Å². The Morgan fingerprint density at radius 3 is 2.55 bits per heavy atom. The van der Waals surface area contributed by atoms with Gasteiger partial charge in [-0.1, -0.05) is 6.07 Å². The van der Waals surface area contributed by atoms with E-state index >= 15 is 0 Å². The van der Waals surface area contributed by atoms with Gasteiger partial charge < -0.3 is 9.84 Å². The highest BCUT2D eigenvalue weighted by Crippen LogP contribution is 2.32. The third kappa shape index (κ3) is 3.38. The molecule has 0 radical (unpaired) electrons. The normalized spacial score (nSPS) is 11.7. The van der Waals surface area contributed by atoms with E-state index in [-0.39, 0.29) is 6.04 Å². The van der Waals surface area contributed by atoms with Gasteiger partial charge in [0.15, 0.2) is 0 Å². The van der Waals surface area contributed by atoms with E-state index in [1.54, 1.807) is 10.7 Å². The Balaban J connectivity index is 2.53. The van der Waals surface area contributed by atoms with Gasteiger partial charge in [0.2, 0.25) is 0 Å². The maximum Gasteiger partial charge on any atom is 0.573 e. The van der Waals surface area contributed by atoms with Crippen molar-refractivity contribution < 1.29 is 27.8 Å². The van der Waals surface area contributed by atoms with Crippen LogP contribution in [0.3, 0.4) is 0 Å². The molecule has 2 rings (SSSR count). The van der Waals surface area contributed by atoms with Gasteiger partial charge in [-0.25, -0.2) is 4.79 Å². The van der Waals surface area contributed by atoms with E-state index in [1.165, 1.54) is 12.3 Å². The molecule has 1 heterocycles. The summed E-state index contributed by atoms with van der Waals surface area (Å²) in [5.74, 6) is -2.25. The number of aromatic nitrogens is 2. The maximum atomic E-state index is 12.4. The van der Waals surface area contributed by atoms with Crippen LogP contribution in [-0.4, -0.2) is 27.2 Å². The van der Waals surface area contributed by atoms with Crippen LogP contribution in [0.4, 0.5) is 13.2 Å². The molecule has 0 spiro atoms. The summed E-state index contributed by atoms with van der Waals surface area (Å²) in [4.78, 5) is 11.0. The van der Waals surface area contributed by atoms with Crippen molar-refractivity contribution in [1.29, 1.82) is 0 Å². The van der Waals surface area contributed by atoms with Gasteiger partial charge in [-0.15, -0.1) is 13.2 Å². The lowest BCUT2D eigenvalue weighted by molar-refractivity contribution is -0.274. The van der Waals surface area contributed by atoms with Crippen LogP contribution in [0.1, 0.15) is 30.2 Å². The number of halogens is 3. The van der Waals surface area contributed by atoms with E-state index in [0.29, 0.717) is 11.3 Å². The van der Waals surface area contributed by atoms with Crippen LogP contribution in [0.2, 0.25) is 0 Å². The molecule has 0 bridgehead atoms. The Morgan fingerprint density at radius 2 is 2.00 bits per heavy atom. The third-order valence-corrected chi connectivity index (χ3v) is 2.89. The van der Waals surface area contributed by atoms with Gasteiger partial charge in [-0.05, 0) is 32.0 Å². The van der Waals surface area contributed by atoms with Crippen molar-refractivity contribution in [2.24, 2.45) is 0 Å². The van der Waals surface area contributed by atoms with Crippen LogP contribution in [0.15, 0.2) is 30.5 Å². The van der Waals surface area contributed by atoms with Crippen molar-refractivity contribution in [3.05, 3.63) is 36.0 Å². The summed E-state index contributed by atoms with van der Waals surface area (Å²) in [6, 6.07) is 5.18. The highest BCUT2D eigenvalue weighted by atomic mass is 19.4. The molecule has 0 aliphatic rings. The number of ether oxygens (including phenoxy) is 1. The summed E-state index contributed by atoms with van der Waals surface area (Å²) in [5.41, 5.74) is 0.395.